The van der Waals surface area contributed by atoms with E-state index in [0.29, 0.717) is 13.2 Å². The average molecular weight is 201 g/mol. The molecule has 1 N–H and O–H groups in total. The third kappa shape index (κ3) is 2.38. The molecular formula is C9H15NO4. The smallest absolute Gasteiger partial charge is 0.292 e. The summed E-state index contributed by atoms with van der Waals surface area (Å²) in [6.45, 7) is 2.54. The van der Waals surface area contributed by atoms with Gasteiger partial charge in [0.15, 0.2) is 0 Å². The Morgan fingerprint density at radius 2 is 2.43 bits per heavy atom. The fourth-order valence-corrected chi connectivity index (χ4v) is 0.977. The van der Waals surface area contributed by atoms with E-state index < -0.39 is 0 Å². The number of likely N-dealkylation sites (N-methyl/N-ethyl adjacent to an activating group) is 1. The van der Waals surface area contributed by atoms with E-state index in [1.165, 1.54) is 11.2 Å². The number of ether oxygens (including phenoxy) is 2. The summed E-state index contributed by atoms with van der Waals surface area (Å²) in [5.74, 6) is -0.0784. The van der Waals surface area contributed by atoms with Crippen molar-refractivity contribution in [2.24, 2.45) is 0 Å². The summed E-state index contributed by atoms with van der Waals surface area (Å²) in [4.78, 5) is 13.1. The van der Waals surface area contributed by atoms with E-state index >= 15 is 0 Å². The molecule has 1 atom stereocenters. The van der Waals surface area contributed by atoms with Gasteiger partial charge in [-0.2, -0.15) is 0 Å². The first kappa shape index (κ1) is 10.8. The van der Waals surface area contributed by atoms with Crippen molar-refractivity contribution in [3.63, 3.8) is 0 Å². The minimum Gasteiger partial charge on any atom is -0.494 e. The molecule has 0 fully saturated rings. The molecule has 0 bridgehead atoms. The molecule has 0 aromatic rings. The largest absolute Gasteiger partial charge is 0.494 e. The highest BCUT2D eigenvalue weighted by atomic mass is 16.6. The van der Waals surface area contributed by atoms with E-state index in [4.69, 9.17) is 14.6 Å². The van der Waals surface area contributed by atoms with E-state index in [-0.39, 0.29) is 24.3 Å². The molecule has 0 spiro atoms. The molecule has 1 aliphatic rings. The lowest BCUT2D eigenvalue weighted by atomic mass is 10.3. The molecule has 1 rings (SSSR count). The maximum atomic E-state index is 11.6. The monoisotopic (exact) mass is 201 g/mol. The molecular weight excluding hydrogens is 186 g/mol. The second-order valence-electron chi connectivity index (χ2n) is 3.15. The molecule has 0 aromatic heterocycles. The van der Waals surface area contributed by atoms with E-state index in [0.717, 1.165) is 0 Å². The third-order valence-corrected chi connectivity index (χ3v) is 2.11. The number of carbonyl (C=O) groups excluding carboxylic acids is 1. The molecule has 0 saturated heterocycles. The molecule has 0 aliphatic carbocycles. The lowest BCUT2D eigenvalue weighted by Gasteiger charge is -2.25. The average Bonchev–Trinajstić information content (AvgIpc) is 2.27. The minimum absolute atomic E-state index is 0.0730. The summed E-state index contributed by atoms with van der Waals surface area (Å²) in [5, 5.41) is 8.87. The minimum atomic E-state index is -0.272. The summed E-state index contributed by atoms with van der Waals surface area (Å²) in [6.07, 6.45) is 1.31. The highest BCUT2D eigenvalue weighted by molar-refractivity contribution is 5.91. The Kier molecular flexibility index (Phi) is 3.76. The Hall–Kier alpha value is -1.23. The van der Waals surface area contributed by atoms with E-state index in [2.05, 4.69) is 0 Å². The standard InChI is InChI=1S/C9H15NO4/c1-7(5-11)10(2)9(12)8-6-13-3-4-14-8/h6-7,11H,3-5H2,1-2H3. The fraction of sp³-hybridized carbons (Fsp3) is 0.667. The van der Waals surface area contributed by atoms with Gasteiger partial charge in [-0.05, 0) is 6.92 Å². The lowest BCUT2D eigenvalue weighted by Crippen LogP contribution is -2.39. The molecule has 1 amide bonds. The normalized spacial score (nSPS) is 17.5. The van der Waals surface area contributed by atoms with Crippen LogP contribution in [0.1, 0.15) is 6.92 Å². The molecule has 0 saturated carbocycles. The summed E-state index contributed by atoms with van der Waals surface area (Å²) in [5.41, 5.74) is 0. The maximum absolute atomic E-state index is 11.6. The highest BCUT2D eigenvalue weighted by Gasteiger charge is 2.22. The number of aliphatic hydroxyl groups is 1. The fourth-order valence-electron chi connectivity index (χ4n) is 0.977. The number of nitrogens with zero attached hydrogens (tertiary/aromatic N) is 1. The second-order valence-corrected chi connectivity index (χ2v) is 3.15. The molecule has 14 heavy (non-hydrogen) atoms. The van der Waals surface area contributed by atoms with Crippen LogP contribution in [0, 0.1) is 0 Å². The zero-order valence-electron chi connectivity index (χ0n) is 8.40. The van der Waals surface area contributed by atoms with Crippen molar-refractivity contribution in [3.8, 4) is 0 Å². The molecule has 0 aromatic carbocycles. The predicted molar refractivity (Wildman–Crippen MR) is 49.3 cm³/mol. The van der Waals surface area contributed by atoms with Crippen molar-refractivity contribution in [3.05, 3.63) is 12.0 Å². The van der Waals surface area contributed by atoms with Crippen molar-refractivity contribution < 1.29 is 19.4 Å². The van der Waals surface area contributed by atoms with Crippen molar-refractivity contribution >= 4 is 5.91 Å². The van der Waals surface area contributed by atoms with Crippen LogP contribution < -0.4 is 0 Å². The van der Waals surface area contributed by atoms with E-state index in [1.807, 2.05) is 0 Å². The van der Waals surface area contributed by atoms with Gasteiger partial charge in [-0.25, -0.2) is 0 Å². The first-order valence-electron chi connectivity index (χ1n) is 4.49. The predicted octanol–water partition coefficient (Wildman–Crippen LogP) is -0.286. The summed E-state index contributed by atoms with van der Waals surface area (Å²) in [6, 6.07) is -0.228. The third-order valence-electron chi connectivity index (χ3n) is 2.11. The van der Waals surface area contributed by atoms with Gasteiger partial charge in [0.25, 0.3) is 5.91 Å². The van der Waals surface area contributed by atoms with Crippen molar-refractivity contribution in [1.29, 1.82) is 0 Å². The van der Waals surface area contributed by atoms with Crippen LogP contribution in [0.15, 0.2) is 12.0 Å². The molecule has 5 nitrogen and oxygen atoms in total. The van der Waals surface area contributed by atoms with Crippen molar-refractivity contribution in [2.75, 3.05) is 26.9 Å². The van der Waals surface area contributed by atoms with Crippen LogP contribution in [-0.4, -0.2) is 48.8 Å². The molecule has 80 valence electrons. The Morgan fingerprint density at radius 1 is 1.71 bits per heavy atom. The Labute approximate surface area is 82.9 Å². The first-order valence-corrected chi connectivity index (χ1v) is 4.49. The van der Waals surface area contributed by atoms with E-state index in [9.17, 15) is 4.79 Å². The van der Waals surface area contributed by atoms with Gasteiger partial charge in [-0.15, -0.1) is 0 Å². The van der Waals surface area contributed by atoms with Crippen molar-refractivity contribution in [2.45, 2.75) is 13.0 Å². The Morgan fingerprint density at radius 3 is 2.93 bits per heavy atom. The van der Waals surface area contributed by atoms with Gasteiger partial charge in [0.1, 0.15) is 19.5 Å². The Balaban J connectivity index is 2.59. The number of aliphatic hydroxyl groups excluding tert-OH is 1. The number of rotatable bonds is 3. The zero-order chi connectivity index (χ0) is 10.6. The van der Waals surface area contributed by atoms with Crippen LogP contribution in [0.4, 0.5) is 0 Å². The van der Waals surface area contributed by atoms with Crippen molar-refractivity contribution in [1.82, 2.24) is 4.90 Å². The zero-order valence-corrected chi connectivity index (χ0v) is 8.40. The maximum Gasteiger partial charge on any atom is 0.292 e. The van der Waals surface area contributed by atoms with Crippen LogP contribution in [0.5, 0.6) is 0 Å². The van der Waals surface area contributed by atoms with Gasteiger partial charge >= 0.3 is 0 Å². The number of carbonyl (C=O) groups is 1. The number of hydrogen-bond acceptors (Lipinski definition) is 4. The number of hydrogen-bond donors (Lipinski definition) is 1. The molecule has 1 unspecified atom stereocenters. The van der Waals surface area contributed by atoms with Gasteiger partial charge in [0.05, 0.1) is 12.6 Å². The van der Waals surface area contributed by atoms with Crippen LogP contribution in [0.2, 0.25) is 0 Å². The van der Waals surface area contributed by atoms with Crippen LogP contribution in [-0.2, 0) is 14.3 Å². The molecule has 0 radical (unpaired) electrons. The van der Waals surface area contributed by atoms with Gasteiger partial charge in [-0.1, -0.05) is 0 Å². The van der Waals surface area contributed by atoms with Gasteiger partial charge in [0, 0.05) is 7.05 Å². The van der Waals surface area contributed by atoms with Crippen LogP contribution in [0.25, 0.3) is 0 Å². The van der Waals surface area contributed by atoms with E-state index in [1.54, 1.807) is 14.0 Å². The number of amides is 1. The highest BCUT2D eigenvalue weighted by Crippen LogP contribution is 2.09. The van der Waals surface area contributed by atoms with Gasteiger partial charge < -0.3 is 19.5 Å². The Bertz CT molecular complexity index is 239. The SMILES string of the molecule is CC(CO)N(C)C(=O)C1=COCCO1. The molecule has 1 aliphatic heterocycles. The topological polar surface area (TPSA) is 59.0 Å². The van der Waals surface area contributed by atoms with Gasteiger partial charge in [-0.3, -0.25) is 4.79 Å². The molecule has 1 heterocycles. The summed E-state index contributed by atoms with van der Waals surface area (Å²) >= 11 is 0. The second kappa shape index (κ2) is 4.85. The molecule has 5 heteroatoms. The van der Waals surface area contributed by atoms with Crippen LogP contribution in [0.3, 0.4) is 0 Å². The first-order chi connectivity index (χ1) is 6.66. The van der Waals surface area contributed by atoms with Crippen LogP contribution >= 0.6 is 0 Å². The summed E-state index contributed by atoms with van der Waals surface area (Å²) in [7, 11) is 1.61. The lowest BCUT2D eigenvalue weighted by molar-refractivity contribution is -0.133. The summed E-state index contributed by atoms with van der Waals surface area (Å²) < 4.78 is 10.1. The van der Waals surface area contributed by atoms with Gasteiger partial charge in [0.2, 0.25) is 5.76 Å². The quantitative estimate of drug-likeness (QED) is 0.682.